The highest BCUT2D eigenvalue weighted by Crippen LogP contribution is 2.35. The van der Waals surface area contributed by atoms with Crippen molar-refractivity contribution in [2.45, 2.75) is 89.6 Å². The van der Waals surface area contributed by atoms with E-state index in [4.69, 9.17) is 9.73 Å². The number of nitrogens with zero attached hydrogens (tertiary/aromatic N) is 3. The number of esters is 1. The first-order chi connectivity index (χ1) is 24.0. The van der Waals surface area contributed by atoms with Gasteiger partial charge in [-0.05, 0) is 98.7 Å². The molecule has 50 heavy (non-hydrogen) atoms. The molecule has 0 aliphatic carbocycles. The second kappa shape index (κ2) is 15.2. The van der Waals surface area contributed by atoms with Gasteiger partial charge in [0.1, 0.15) is 5.82 Å². The van der Waals surface area contributed by atoms with Gasteiger partial charge in [0.05, 0.1) is 42.8 Å². The van der Waals surface area contributed by atoms with Gasteiger partial charge in [-0.25, -0.2) is 4.39 Å². The monoisotopic (exact) mass is 682 g/mol. The maximum atomic E-state index is 13.9. The van der Waals surface area contributed by atoms with Crippen molar-refractivity contribution in [2.24, 2.45) is 10.9 Å². The van der Waals surface area contributed by atoms with Crippen molar-refractivity contribution in [3.63, 3.8) is 0 Å². The summed E-state index contributed by atoms with van der Waals surface area (Å²) in [5.74, 6) is -1.77. The average Bonchev–Trinajstić information content (AvgIpc) is 3.88. The topological polar surface area (TPSA) is 112 Å². The van der Waals surface area contributed by atoms with Crippen LogP contribution in [-0.2, 0) is 45.1 Å². The van der Waals surface area contributed by atoms with Crippen LogP contribution in [0, 0.1) is 11.7 Å². The van der Waals surface area contributed by atoms with Gasteiger partial charge in [0.2, 0.25) is 5.91 Å². The molecule has 3 aromatic rings. The molecule has 3 aliphatic rings. The standard InChI is InChI=1S/C40H47FN4O5/c1-40(2,49)32(23-38(47)50-3)39(48)45-19-5-7-36(45)35-22-29-13-12-28(20-34(29)43-35)25-44(31-16-14-30(41)15-17-31)24-27-10-8-26(9-11-27)21-37(46)33-6-4-18-42-33/h8-17,20,32-33,36,42,49H,4-7,18-19,21-25H2,1-3H3/t32-,33?,36?/m1/s1. The van der Waals surface area contributed by atoms with E-state index in [-0.39, 0.29) is 36.0 Å². The second-order valence-electron chi connectivity index (χ2n) is 14.4. The molecule has 0 spiro atoms. The number of methoxy groups -OCH3 is 1. The molecule has 3 atom stereocenters. The normalized spacial score (nSPS) is 19.2. The van der Waals surface area contributed by atoms with Crippen LogP contribution < -0.4 is 10.2 Å². The van der Waals surface area contributed by atoms with E-state index in [0.717, 1.165) is 71.6 Å². The van der Waals surface area contributed by atoms with Crippen molar-refractivity contribution >= 4 is 34.7 Å². The molecule has 9 nitrogen and oxygen atoms in total. The third-order valence-electron chi connectivity index (χ3n) is 10.2. The van der Waals surface area contributed by atoms with Crippen LogP contribution in [0.2, 0.25) is 0 Å². The first-order valence-corrected chi connectivity index (χ1v) is 17.6. The van der Waals surface area contributed by atoms with Crippen molar-refractivity contribution < 1.29 is 28.6 Å². The largest absolute Gasteiger partial charge is 0.469 e. The molecule has 6 rings (SSSR count). The summed E-state index contributed by atoms with van der Waals surface area (Å²) < 4.78 is 18.7. The van der Waals surface area contributed by atoms with Crippen LogP contribution in [-0.4, -0.2) is 71.3 Å². The Hall–Kier alpha value is -4.41. The number of Topliss-reactive ketones (excluding diaryl/α,β-unsaturated/α-hetero) is 1. The Labute approximate surface area is 293 Å². The molecule has 2 N–H and O–H groups in total. The van der Waals surface area contributed by atoms with Crippen LogP contribution in [0.5, 0.6) is 0 Å². The van der Waals surface area contributed by atoms with E-state index in [1.165, 1.54) is 19.2 Å². The van der Waals surface area contributed by atoms with Crippen LogP contribution in [0.15, 0.2) is 71.7 Å². The molecule has 3 aromatic carbocycles. The van der Waals surface area contributed by atoms with Gasteiger partial charge >= 0.3 is 5.97 Å². The molecule has 2 fully saturated rings. The van der Waals surface area contributed by atoms with Crippen molar-refractivity contribution in [1.29, 1.82) is 0 Å². The number of anilines is 1. The third kappa shape index (κ3) is 8.30. The van der Waals surface area contributed by atoms with Crippen molar-refractivity contribution in [3.8, 4) is 0 Å². The van der Waals surface area contributed by atoms with Crippen LogP contribution in [0.25, 0.3) is 0 Å². The predicted molar refractivity (Wildman–Crippen MR) is 191 cm³/mol. The minimum absolute atomic E-state index is 0.0416. The summed E-state index contributed by atoms with van der Waals surface area (Å²) in [6.45, 7) is 5.69. The van der Waals surface area contributed by atoms with Gasteiger partial charge in [-0.1, -0.05) is 36.4 Å². The Kier molecular flexibility index (Phi) is 10.8. The number of fused-ring (bicyclic) bond motifs is 1. The number of benzene rings is 3. The van der Waals surface area contributed by atoms with Crippen LogP contribution in [0.1, 0.15) is 68.2 Å². The van der Waals surface area contributed by atoms with E-state index >= 15 is 0 Å². The lowest BCUT2D eigenvalue weighted by Crippen LogP contribution is -2.50. The number of aliphatic imine (C=N–C) groups is 1. The van der Waals surface area contributed by atoms with Gasteiger partial charge in [0.15, 0.2) is 5.78 Å². The van der Waals surface area contributed by atoms with Gasteiger partial charge in [-0.2, -0.15) is 0 Å². The average molecular weight is 683 g/mol. The summed E-state index contributed by atoms with van der Waals surface area (Å²) >= 11 is 0. The number of ketones is 1. The summed E-state index contributed by atoms with van der Waals surface area (Å²) in [6.07, 6.45) is 4.38. The minimum atomic E-state index is -1.39. The van der Waals surface area contributed by atoms with Crippen molar-refractivity contribution in [3.05, 3.63) is 94.8 Å². The third-order valence-corrected chi connectivity index (χ3v) is 10.2. The number of carbonyl (C=O) groups excluding carboxylic acids is 3. The highest BCUT2D eigenvalue weighted by molar-refractivity contribution is 6.00. The lowest BCUT2D eigenvalue weighted by atomic mass is 9.86. The van der Waals surface area contributed by atoms with Gasteiger partial charge < -0.3 is 25.0 Å². The Morgan fingerprint density at radius 2 is 1.70 bits per heavy atom. The van der Waals surface area contributed by atoms with Gasteiger partial charge in [0.25, 0.3) is 0 Å². The quantitative estimate of drug-likeness (QED) is 0.230. The molecule has 0 radical (unpaired) electrons. The Bertz CT molecular complexity index is 1730. The Balaban J connectivity index is 1.17. The number of aliphatic hydroxyl groups is 1. The molecule has 3 aliphatic heterocycles. The number of hydrogen-bond acceptors (Lipinski definition) is 8. The van der Waals surface area contributed by atoms with E-state index in [1.54, 1.807) is 30.9 Å². The van der Waals surface area contributed by atoms with E-state index < -0.39 is 17.5 Å². The summed E-state index contributed by atoms with van der Waals surface area (Å²) in [4.78, 5) is 47.5. The number of rotatable bonds is 13. The van der Waals surface area contributed by atoms with Gasteiger partial charge in [0, 0.05) is 43.9 Å². The fourth-order valence-electron chi connectivity index (χ4n) is 7.39. The zero-order valence-electron chi connectivity index (χ0n) is 29.2. The summed E-state index contributed by atoms with van der Waals surface area (Å²) in [7, 11) is 1.28. The number of ether oxygens (including phenoxy) is 1. The summed E-state index contributed by atoms with van der Waals surface area (Å²) in [6, 6.07) is 20.7. The number of hydrogen-bond donors (Lipinski definition) is 2. The predicted octanol–water partition coefficient (Wildman–Crippen LogP) is 5.47. The number of carbonyl (C=O) groups is 3. The molecule has 10 heteroatoms. The van der Waals surface area contributed by atoms with Crippen LogP contribution in [0.3, 0.4) is 0 Å². The molecule has 2 saturated heterocycles. The lowest BCUT2D eigenvalue weighted by molar-refractivity contribution is -0.153. The molecule has 2 unspecified atom stereocenters. The zero-order valence-corrected chi connectivity index (χ0v) is 29.2. The van der Waals surface area contributed by atoms with Crippen LogP contribution >= 0.6 is 0 Å². The summed E-state index contributed by atoms with van der Waals surface area (Å²) in [5.41, 5.74) is 5.48. The molecular weight excluding hydrogens is 635 g/mol. The molecule has 0 bridgehead atoms. The first kappa shape index (κ1) is 35.4. The molecule has 1 amide bonds. The highest BCUT2D eigenvalue weighted by atomic mass is 19.1. The maximum Gasteiger partial charge on any atom is 0.306 e. The van der Waals surface area contributed by atoms with E-state index in [0.29, 0.717) is 32.5 Å². The van der Waals surface area contributed by atoms with Gasteiger partial charge in [-0.3, -0.25) is 19.4 Å². The summed E-state index contributed by atoms with van der Waals surface area (Å²) in [5, 5.41) is 14.1. The second-order valence-corrected chi connectivity index (χ2v) is 14.4. The SMILES string of the molecule is COC(=O)C[C@H](C(=O)N1CCCC1C1=Nc2cc(CN(Cc3ccc(CC(=O)C4CCCN4)cc3)c3ccc(F)cc3)ccc2C1)C(C)(C)O. The van der Waals surface area contributed by atoms with E-state index in [2.05, 4.69) is 40.5 Å². The van der Waals surface area contributed by atoms with Gasteiger partial charge in [-0.15, -0.1) is 0 Å². The Morgan fingerprint density at radius 1 is 1.00 bits per heavy atom. The van der Waals surface area contributed by atoms with Crippen molar-refractivity contribution in [1.82, 2.24) is 10.2 Å². The maximum absolute atomic E-state index is 13.9. The number of nitrogens with one attached hydrogen (secondary N) is 1. The molecular formula is C40H47FN4O5. The fraction of sp³-hybridized carbons (Fsp3) is 0.450. The number of halogens is 1. The lowest BCUT2D eigenvalue weighted by Gasteiger charge is -2.34. The highest BCUT2D eigenvalue weighted by Gasteiger charge is 2.43. The number of amides is 1. The zero-order chi connectivity index (χ0) is 35.4. The fourth-order valence-corrected chi connectivity index (χ4v) is 7.39. The number of likely N-dealkylation sites (tertiary alicyclic amines) is 1. The van der Waals surface area contributed by atoms with Crippen molar-refractivity contribution in [2.75, 3.05) is 25.1 Å². The minimum Gasteiger partial charge on any atom is -0.469 e. The van der Waals surface area contributed by atoms with E-state index in [9.17, 15) is 23.9 Å². The molecule has 0 aromatic heterocycles. The van der Waals surface area contributed by atoms with Crippen LogP contribution in [0.4, 0.5) is 15.8 Å². The first-order valence-electron chi connectivity index (χ1n) is 17.6. The van der Waals surface area contributed by atoms with E-state index in [1.807, 2.05) is 12.1 Å². The Morgan fingerprint density at radius 3 is 2.38 bits per heavy atom. The molecule has 3 heterocycles. The molecule has 264 valence electrons. The smallest absolute Gasteiger partial charge is 0.306 e. The molecule has 0 saturated carbocycles.